The normalized spacial score (nSPS) is 20.1. The Balaban J connectivity index is 1.77. The van der Waals surface area contributed by atoms with Crippen molar-refractivity contribution >= 4 is 0 Å². The van der Waals surface area contributed by atoms with Crippen LogP contribution in [0.5, 0.6) is 0 Å². The van der Waals surface area contributed by atoms with E-state index >= 15 is 0 Å². The molecule has 1 saturated heterocycles. The lowest BCUT2D eigenvalue weighted by Crippen LogP contribution is -2.40. The molecule has 2 N–H and O–H groups in total. The van der Waals surface area contributed by atoms with E-state index < -0.39 is 0 Å². The molecule has 1 aliphatic rings. The second kappa shape index (κ2) is 7.55. The summed E-state index contributed by atoms with van der Waals surface area (Å²) in [5, 5.41) is 0. The van der Waals surface area contributed by atoms with Gasteiger partial charge < -0.3 is 10.6 Å². The van der Waals surface area contributed by atoms with Gasteiger partial charge in [0, 0.05) is 12.6 Å². The minimum absolute atomic E-state index is 0.270. The third-order valence-electron chi connectivity index (χ3n) is 3.78. The summed E-state index contributed by atoms with van der Waals surface area (Å²) in [6.07, 6.45) is 7.90. The van der Waals surface area contributed by atoms with Gasteiger partial charge in [0.15, 0.2) is 0 Å². The predicted molar refractivity (Wildman–Crippen MR) is 77.6 cm³/mol. The number of hydrogen-bond acceptors (Lipinski definition) is 2. The maximum absolute atomic E-state index is 6.28. The number of benzene rings is 1. The van der Waals surface area contributed by atoms with Crippen molar-refractivity contribution in [1.29, 1.82) is 0 Å². The number of nitrogens with zero attached hydrogens (tertiary/aromatic N) is 1. The monoisotopic (exact) mass is 246 g/mol. The summed E-state index contributed by atoms with van der Waals surface area (Å²) < 4.78 is 0. The Kier molecular flexibility index (Phi) is 5.69. The largest absolute Gasteiger partial charge is 0.326 e. The third kappa shape index (κ3) is 4.79. The molecule has 1 atom stereocenters. The van der Waals surface area contributed by atoms with Crippen LogP contribution in [0.2, 0.25) is 0 Å². The van der Waals surface area contributed by atoms with Gasteiger partial charge in [-0.25, -0.2) is 0 Å². The molecule has 1 heterocycles. The molecule has 0 amide bonds. The topological polar surface area (TPSA) is 29.3 Å². The van der Waals surface area contributed by atoms with Crippen molar-refractivity contribution in [3.05, 3.63) is 35.9 Å². The highest BCUT2D eigenvalue weighted by molar-refractivity contribution is 5.15. The van der Waals surface area contributed by atoms with Crippen LogP contribution in [0.1, 0.15) is 37.7 Å². The van der Waals surface area contributed by atoms with Crippen molar-refractivity contribution < 1.29 is 0 Å². The van der Waals surface area contributed by atoms with Crippen molar-refractivity contribution in [2.24, 2.45) is 5.73 Å². The molecule has 100 valence electrons. The van der Waals surface area contributed by atoms with E-state index in [4.69, 9.17) is 5.73 Å². The Hall–Kier alpha value is -0.860. The van der Waals surface area contributed by atoms with E-state index in [0.29, 0.717) is 0 Å². The highest BCUT2D eigenvalue weighted by Gasteiger charge is 2.12. The molecule has 1 fully saturated rings. The molecule has 1 aromatic carbocycles. The van der Waals surface area contributed by atoms with Crippen LogP contribution in [0.3, 0.4) is 0 Å². The first-order chi connectivity index (χ1) is 8.84. The molecule has 2 heteroatoms. The molecule has 0 spiro atoms. The molecule has 0 unspecified atom stereocenters. The first-order valence-corrected chi connectivity index (χ1v) is 7.36. The first-order valence-electron chi connectivity index (χ1n) is 7.36. The average Bonchev–Trinajstić information content (AvgIpc) is 2.34. The summed E-state index contributed by atoms with van der Waals surface area (Å²) in [5.74, 6) is 0. The quantitative estimate of drug-likeness (QED) is 0.885. The van der Waals surface area contributed by atoms with Gasteiger partial charge in [0.2, 0.25) is 0 Å². The predicted octanol–water partition coefficient (Wildman–Crippen LogP) is 2.82. The van der Waals surface area contributed by atoms with Gasteiger partial charge in [0.1, 0.15) is 0 Å². The van der Waals surface area contributed by atoms with Gasteiger partial charge in [-0.3, -0.25) is 0 Å². The molecule has 0 radical (unpaired) electrons. The van der Waals surface area contributed by atoms with Crippen LogP contribution in [-0.4, -0.2) is 30.6 Å². The molecule has 2 nitrogen and oxygen atoms in total. The zero-order valence-electron chi connectivity index (χ0n) is 11.4. The molecule has 0 aliphatic carbocycles. The summed E-state index contributed by atoms with van der Waals surface area (Å²) in [6, 6.07) is 10.9. The molecule has 0 aromatic heterocycles. The van der Waals surface area contributed by atoms with Crippen LogP contribution in [0, 0.1) is 0 Å². The van der Waals surface area contributed by atoms with Crippen molar-refractivity contribution in [2.75, 3.05) is 19.6 Å². The summed E-state index contributed by atoms with van der Waals surface area (Å²) in [5.41, 5.74) is 7.64. The van der Waals surface area contributed by atoms with Gasteiger partial charge >= 0.3 is 0 Å². The lowest BCUT2D eigenvalue weighted by molar-refractivity contribution is 0.233. The van der Waals surface area contributed by atoms with Crippen molar-refractivity contribution in [3.63, 3.8) is 0 Å². The highest BCUT2D eigenvalue weighted by atomic mass is 15.1. The van der Waals surface area contributed by atoms with E-state index in [1.165, 1.54) is 50.8 Å². The molecule has 2 rings (SSSR count). The van der Waals surface area contributed by atoms with Gasteiger partial charge in [0.05, 0.1) is 0 Å². The smallest absolute Gasteiger partial charge is 0.0208 e. The highest BCUT2D eigenvalue weighted by Crippen LogP contribution is 2.11. The minimum Gasteiger partial charge on any atom is -0.326 e. The Morgan fingerprint density at radius 3 is 2.22 bits per heavy atom. The van der Waals surface area contributed by atoms with Crippen LogP contribution in [0.15, 0.2) is 30.3 Å². The SMILES string of the molecule is N[C@@H](Cc1ccccc1)CN1CCCCCCC1. The average molecular weight is 246 g/mol. The maximum atomic E-state index is 6.28. The molecular formula is C16H26N2. The van der Waals surface area contributed by atoms with Crippen LogP contribution in [-0.2, 0) is 6.42 Å². The summed E-state index contributed by atoms with van der Waals surface area (Å²) in [7, 11) is 0. The number of rotatable bonds is 4. The fraction of sp³-hybridized carbons (Fsp3) is 0.625. The maximum Gasteiger partial charge on any atom is 0.0208 e. The standard InChI is InChI=1S/C16H26N2/c17-16(13-15-9-5-4-6-10-15)14-18-11-7-2-1-3-8-12-18/h4-6,9-10,16H,1-3,7-8,11-14,17H2/t16-/m0/s1. The second-order valence-electron chi connectivity index (χ2n) is 5.52. The summed E-state index contributed by atoms with van der Waals surface area (Å²) in [4.78, 5) is 2.56. The first kappa shape index (κ1) is 13.6. The molecular weight excluding hydrogens is 220 g/mol. The van der Waals surface area contributed by atoms with Gasteiger partial charge in [0.25, 0.3) is 0 Å². The Morgan fingerprint density at radius 1 is 0.944 bits per heavy atom. The van der Waals surface area contributed by atoms with E-state index in [1.807, 2.05) is 0 Å². The van der Waals surface area contributed by atoms with E-state index in [0.717, 1.165) is 13.0 Å². The summed E-state index contributed by atoms with van der Waals surface area (Å²) >= 11 is 0. The van der Waals surface area contributed by atoms with E-state index in [-0.39, 0.29) is 6.04 Å². The lowest BCUT2D eigenvalue weighted by Gasteiger charge is -2.27. The fourth-order valence-electron chi connectivity index (χ4n) is 2.81. The zero-order valence-corrected chi connectivity index (χ0v) is 11.4. The van der Waals surface area contributed by atoms with Gasteiger partial charge in [-0.1, -0.05) is 49.6 Å². The van der Waals surface area contributed by atoms with E-state index in [9.17, 15) is 0 Å². The Labute approximate surface area is 111 Å². The molecule has 1 aliphatic heterocycles. The summed E-state index contributed by atoms with van der Waals surface area (Å²) in [6.45, 7) is 3.53. The van der Waals surface area contributed by atoms with E-state index in [2.05, 4.69) is 35.2 Å². The van der Waals surface area contributed by atoms with Crippen LogP contribution < -0.4 is 5.73 Å². The number of nitrogens with two attached hydrogens (primary N) is 1. The fourth-order valence-corrected chi connectivity index (χ4v) is 2.81. The van der Waals surface area contributed by atoms with Gasteiger partial charge in [-0.05, 0) is 37.9 Å². The van der Waals surface area contributed by atoms with Crippen LogP contribution in [0.25, 0.3) is 0 Å². The molecule has 18 heavy (non-hydrogen) atoms. The van der Waals surface area contributed by atoms with Crippen molar-refractivity contribution in [2.45, 2.75) is 44.6 Å². The van der Waals surface area contributed by atoms with Gasteiger partial charge in [-0.2, -0.15) is 0 Å². The Morgan fingerprint density at radius 2 is 1.56 bits per heavy atom. The zero-order chi connectivity index (χ0) is 12.6. The Bertz CT molecular complexity index is 315. The van der Waals surface area contributed by atoms with E-state index in [1.54, 1.807) is 0 Å². The van der Waals surface area contributed by atoms with Crippen molar-refractivity contribution in [3.8, 4) is 0 Å². The van der Waals surface area contributed by atoms with Crippen LogP contribution >= 0.6 is 0 Å². The third-order valence-corrected chi connectivity index (χ3v) is 3.78. The molecule has 0 bridgehead atoms. The van der Waals surface area contributed by atoms with Crippen LogP contribution in [0.4, 0.5) is 0 Å². The lowest BCUT2D eigenvalue weighted by atomic mass is 10.0. The molecule has 0 saturated carbocycles. The minimum atomic E-state index is 0.270. The van der Waals surface area contributed by atoms with Crippen molar-refractivity contribution in [1.82, 2.24) is 4.90 Å². The van der Waals surface area contributed by atoms with Gasteiger partial charge in [-0.15, -0.1) is 0 Å². The second-order valence-corrected chi connectivity index (χ2v) is 5.52. The number of hydrogen-bond donors (Lipinski definition) is 1. The molecule has 1 aromatic rings. The number of likely N-dealkylation sites (tertiary alicyclic amines) is 1.